The van der Waals surface area contributed by atoms with Gasteiger partial charge in [0, 0.05) is 12.3 Å². The molecule has 0 saturated carbocycles. The second-order valence-electron chi connectivity index (χ2n) is 4.61. The normalized spacial score (nSPS) is 22.8. The van der Waals surface area contributed by atoms with Crippen LogP contribution in [-0.2, 0) is 4.74 Å². The van der Waals surface area contributed by atoms with Crippen molar-refractivity contribution in [2.45, 2.75) is 18.0 Å². The molecule has 1 saturated heterocycles. The van der Waals surface area contributed by atoms with Crippen LogP contribution in [0.2, 0.25) is 0 Å². The van der Waals surface area contributed by atoms with Crippen LogP contribution in [0.1, 0.15) is 0 Å². The zero-order valence-electron chi connectivity index (χ0n) is 11.5. The molecule has 0 amide bonds. The SMILES string of the molecule is FC(F)(F)Oc1ccc(OC[C@H]2CO[C@@H](S)N2CCS)cc1. The molecule has 0 radical (unpaired) electrons. The van der Waals surface area contributed by atoms with Crippen LogP contribution in [-0.4, -0.2) is 48.4 Å². The van der Waals surface area contributed by atoms with E-state index in [0.29, 0.717) is 31.3 Å². The van der Waals surface area contributed by atoms with Gasteiger partial charge in [0.1, 0.15) is 18.1 Å². The molecule has 0 bridgehead atoms. The highest BCUT2D eigenvalue weighted by atomic mass is 32.1. The summed E-state index contributed by atoms with van der Waals surface area (Å²) in [4.78, 5) is 2.01. The summed E-state index contributed by atoms with van der Waals surface area (Å²) >= 11 is 8.49. The number of ether oxygens (including phenoxy) is 3. The largest absolute Gasteiger partial charge is 0.573 e. The zero-order chi connectivity index (χ0) is 16.2. The molecule has 0 aromatic heterocycles. The van der Waals surface area contributed by atoms with E-state index in [4.69, 9.17) is 9.47 Å². The molecule has 1 fully saturated rings. The molecule has 0 unspecified atom stereocenters. The van der Waals surface area contributed by atoms with Gasteiger partial charge in [-0.05, 0) is 24.3 Å². The van der Waals surface area contributed by atoms with E-state index in [0.717, 1.165) is 0 Å². The van der Waals surface area contributed by atoms with Gasteiger partial charge in [-0.1, -0.05) is 0 Å². The van der Waals surface area contributed by atoms with E-state index < -0.39 is 6.36 Å². The van der Waals surface area contributed by atoms with E-state index in [-0.39, 0.29) is 17.4 Å². The third kappa shape index (κ3) is 5.15. The van der Waals surface area contributed by atoms with Crippen LogP contribution in [0.4, 0.5) is 13.2 Å². The van der Waals surface area contributed by atoms with Crippen LogP contribution in [0.25, 0.3) is 0 Å². The Morgan fingerprint density at radius 3 is 2.45 bits per heavy atom. The molecule has 22 heavy (non-hydrogen) atoms. The summed E-state index contributed by atoms with van der Waals surface area (Å²) in [6.45, 7) is 1.55. The number of nitrogens with zero attached hydrogens (tertiary/aromatic N) is 1. The highest BCUT2D eigenvalue weighted by Gasteiger charge is 2.32. The van der Waals surface area contributed by atoms with Gasteiger partial charge in [-0.15, -0.1) is 25.8 Å². The second kappa shape index (κ2) is 7.67. The molecule has 4 nitrogen and oxygen atoms in total. The van der Waals surface area contributed by atoms with Gasteiger partial charge >= 0.3 is 6.36 Å². The van der Waals surface area contributed by atoms with Crippen molar-refractivity contribution in [1.29, 1.82) is 0 Å². The maximum atomic E-state index is 12.1. The van der Waals surface area contributed by atoms with E-state index in [2.05, 4.69) is 30.0 Å². The Bertz CT molecular complexity index is 473. The number of benzene rings is 1. The molecule has 0 N–H and O–H groups in total. The lowest BCUT2D eigenvalue weighted by molar-refractivity contribution is -0.274. The van der Waals surface area contributed by atoms with Crippen molar-refractivity contribution in [3.8, 4) is 11.5 Å². The first-order valence-corrected chi connectivity index (χ1v) is 7.69. The third-order valence-corrected chi connectivity index (χ3v) is 3.69. The van der Waals surface area contributed by atoms with Gasteiger partial charge in [0.2, 0.25) is 0 Å². The fraction of sp³-hybridized carbons (Fsp3) is 0.538. The summed E-state index contributed by atoms with van der Waals surface area (Å²) in [5.74, 6) is 0.847. The van der Waals surface area contributed by atoms with Crippen molar-refractivity contribution in [2.75, 3.05) is 25.5 Å². The lowest BCUT2D eigenvalue weighted by atomic mass is 10.3. The molecular weight excluding hydrogens is 339 g/mol. The molecule has 0 spiro atoms. The Morgan fingerprint density at radius 2 is 1.86 bits per heavy atom. The lowest BCUT2D eigenvalue weighted by Crippen LogP contribution is -2.39. The maximum Gasteiger partial charge on any atom is 0.573 e. The average molecular weight is 355 g/mol. The molecular formula is C13H16F3NO3S2. The van der Waals surface area contributed by atoms with E-state index in [9.17, 15) is 13.2 Å². The smallest absolute Gasteiger partial charge is 0.492 e. The highest BCUT2D eigenvalue weighted by molar-refractivity contribution is 7.80. The molecule has 0 aliphatic carbocycles. The van der Waals surface area contributed by atoms with Crippen molar-refractivity contribution in [2.24, 2.45) is 0 Å². The summed E-state index contributed by atoms with van der Waals surface area (Å²) < 4.78 is 51.0. The Hall–Kier alpha value is -0.770. The van der Waals surface area contributed by atoms with Crippen molar-refractivity contribution in [3.63, 3.8) is 0 Å². The Balaban J connectivity index is 1.86. The molecule has 1 aliphatic rings. The Labute approximate surface area is 137 Å². The number of alkyl halides is 3. The van der Waals surface area contributed by atoms with Crippen LogP contribution >= 0.6 is 25.3 Å². The minimum atomic E-state index is -4.70. The number of hydrogen-bond donors (Lipinski definition) is 2. The van der Waals surface area contributed by atoms with Crippen molar-refractivity contribution >= 4 is 25.3 Å². The minimum absolute atomic E-state index is 0.0285. The van der Waals surface area contributed by atoms with E-state index >= 15 is 0 Å². The summed E-state index contributed by atoms with van der Waals surface area (Å²) in [6, 6.07) is 5.30. The van der Waals surface area contributed by atoms with Gasteiger partial charge in [0.15, 0.2) is 5.56 Å². The quantitative estimate of drug-likeness (QED) is 0.769. The van der Waals surface area contributed by atoms with Crippen molar-refractivity contribution in [1.82, 2.24) is 4.90 Å². The van der Waals surface area contributed by atoms with Crippen LogP contribution in [0, 0.1) is 0 Å². The number of hydrogen-bond acceptors (Lipinski definition) is 6. The maximum absolute atomic E-state index is 12.1. The fourth-order valence-corrected chi connectivity index (χ4v) is 2.67. The zero-order valence-corrected chi connectivity index (χ0v) is 13.3. The number of halogens is 3. The van der Waals surface area contributed by atoms with Crippen molar-refractivity contribution < 1.29 is 27.4 Å². The van der Waals surface area contributed by atoms with E-state index in [1.807, 2.05) is 4.90 Å². The third-order valence-electron chi connectivity index (χ3n) is 3.05. The molecule has 1 aliphatic heterocycles. The average Bonchev–Trinajstić information content (AvgIpc) is 2.78. The summed E-state index contributed by atoms with van der Waals surface area (Å²) in [5, 5.41) is 0. The first-order valence-electron chi connectivity index (χ1n) is 6.54. The summed E-state index contributed by atoms with van der Waals surface area (Å²) in [7, 11) is 0. The molecule has 1 aromatic carbocycles. The molecule has 1 heterocycles. The Kier molecular flexibility index (Phi) is 6.13. The number of rotatable bonds is 6. The molecule has 1 aromatic rings. The molecule has 2 rings (SSSR count). The highest BCUT2D eigenvalue weighted by Crippen LogP contribution is 2.25. The summed E-state index contributed by atoms with van der Waals surface area (Å²) in [6.07, 6.45) is -4.70. The van der Waals surface area contributed by atoms with E-state index in [1.54, 1.807) is 0 Å². The summed E-state index contributed by atoms with van der Waals surface area (Å²) in [5.41, 5.74) is -0.289. The predicted molar refractivity (Wildman–Crippen MR) is 81.7 cm³/mol. The Morgan fingerprint density at radius 1 is 1.23 bits per heavy atom. The predicted octanol–water partition coefficient (Wildman–Crippen LogP) is 2.81. The van der Waals surface area contributed by atoms with E-state index in [1.165, 1.54) is 24.3 Å². The van der Waals surface area contributed by atoms with Crippen LogP contribution in [0.5, 0.6) is 11.5 Å². The standard InChI is InChI=1S/C13H16F3NO3S2/c14-13(15,16)20-11-3-1-10(2-4-11)18-7-9-8-19-12(22)17(9)5-6-21/h1-4,9,12,21-22H,5-8H2/t9-,12-/m0/s1. The topological polar surface area (TPSA) is 30.9 Å². The van der Waals surface area contributed by atoms with Crippen LogP contribution < -0.4 is 9.47 Å². The van der Waals surface area contributed by atoms with Gasteiger partial charge < -0.3 is 14.2 Å². The minimum Gasteiger partial charge on any atom is -0.492 e. The van der Waals surface area contributed by atoms with Gasteiger partial charge in [-0.3, -0.25) is 4.90 Å². The lowest BCUT2D eigenvalue weighted by Gasteiger charge is -2.24. The van der Waals surface area contributed by atoms with Gasteiger partial charge in [0.25, 0.3) is 0 Å². The van der Waals surface area contributed by atoms with Crippen LogP contribution in [0.15, 0.2) is 24.3 Å². The molecule has 124 valence electrons. The van der Waals surface area contributed by atoms with Gasteiger partial charge in [-0.2, -0.15) is 12.6 Å². The number of thiol groups is 2. The van der Waals surface area contributed by atoms with Gasteiger partial charge in [-0.25, -0.2) is 0 Å². The molecule has 2 atom stereocenters. The van der Waals surface area contributed by atoms with Crippen LogP contribution in [0.3, 0.4) is 0 Å². The first kappa shape index (κ1) is 17.6. The monoisotopic (exact) mass is 355 g/mol. The van der Waals surface area contributed by atoms with Crippen molar-refractivity contribution in [3.05, 3.63) is 24.3 Å². The first-order chi connectivity index (χ1) is 10.4. The second-order valence-corrected chi connectivity index (χ2v) is 5.49. The fourth-order valence-electron chi connectivity index (χ4n) is 2.05. The van der Waals surface area contributed by atoms with Gasteiger partial charge in [0.05, 0.1) is 12.6 Å². The molecule has 9 heteroatoms.